The maximum absolute atomic E-state index is 12.9. The van der Waals surface area contributed by atoms with Crippen LogP contribution in [0.5, 0.6) is 0 Å². The van der Waals surface area contributed by atoms with Gasteiger partial charge in [-0.1, -0.05) is 23.7 Å². The summed E-state index contributed by atoms with van der Waals surface area (Å²) in [7, 11) is 1.63. The van der Waals surface area contributed by atoms with Crippen molar-refractivity contribution >= 4 is 29.4 Å². The number of rotatable bonds is 8. The predicted octanol–water partition coefficient (Wildman–Crippen LogP) is 4.17. The summed E-state index contributed by atoms with van der Waals surface area (Å²) in [4.78, 5) is 25.0. The van der Waals surface area contributed by atoms with Crippen LogP contribution in [0, 0.1) is 6.92 Å². The Morgan fingerprint density at radius 1 is 1.32 bits per heavy atom. The maximum Gasteiger partial charge on any atom is 0.513 e. The third kappa shape index (κ3) is 5.26. The fourth-order valence-electron chi connectivity index (χ4n) is 3.31. The molecular weight excluding hydrogens is 422 g/mol. The van der Waals surface area contributed by atoms with Gasteiger partial charge in [-0.25, -0.2) is 9.48 Å². The Balaban J connectivity index is 1.99. The zero-order valence-electron chi connectivity index (χ0n) is 18.0. The van der Waals surface area contributed by atoms with Gasteiger partial charge in [0.1, 0.15) is 0 Å². The fraction of sp³-hybridized carbons (Fsp3) is 0.409. The molecule has 9 heteroatoms. The molecule has 2 heterocycles. The summed E-state index contributed by atoms with van der Waals surface area (Å²) in [6.45, 7) is 5.61. The number of halogens is 1. The Bertz CT molecular complexity index is 984. The summed E-state index contributed by atoms with van der Waals surface area (Å²) < 4.78 is 17.2. The van der Waals surface area contributed by atoms with E-state index in [1.165, 1.54) is 4.68 Å². The minimum atomic E-state index is -0.862. The number of methoxy groups -OCH3 is 1. The minimum absolute atomic E-state index is 0.00672. The number of amides is 1. The molecule has 1 aliphatic rings. The summed E-state index contributed by atoms with van der Waals surface area (Å²) >= 11 is 5.97. The number of aryl methyl sites for hydroxylation is 1. The Hall–Kier alpha value is -2.84. The number of carbonyl (C=O) groups excluding carboxylic acids is 2. The number of carbonyl (C=O) groups is 2. The van der Waals surface area contributed by atoms with Gasteiger partial charge in [-0.2, -0.15) is 5.10 Å². The van der Waals surface area contributed by atoms with E-state index in [2.05, 4.69) is 10.4 Å². The normalized spacial score (nSPS) is 16.9. The first-order chi connectivity index (χ1) is 14.8. The van der Waals surface area contributed by atoms with Gasteiger partial charge in [0.05, 0.1) is 24.4 Å². The molecule has 2 unspecified atom stereocenters. The van der Waals surface area contributed by atoms with Crippen LogP contribution in [0.2, 0.25) is 5.02 Å². The number of aromatic nitrogens is 2. The molecule has 0 saturated heterocycles. The highest BCUT2D eigenvalue weighted by molar-refractivity contribution is 6.30. The second kappa shape index (κ2) is 9.98. The van der Waals surface area contributed by atoms with E-state index >= 15 is 0 Å². The average molecular weight is 448 g/mol. The molecule has 1 amide bonds. The van der Waals surface area contributed by atoms with E-state index in [1.54, 1.807) is 26.2 Å². The first-order valence-corrected chi connectivity index (χ1v) is 10.5. The molecule has 0 aliphatic carbocycles. The molecular formula is C22H26ClN3O5. The highest BCUT2D eigenvalue weighted by Crippen LogP contribution is 2.29. The van der Waals surface area contributed by atoms with Crippen LogP contribution in [0.15, 0.2) is 36.1 Å². The molecule has 0 spiro atoms. The van der Waals surface area contributed by atoms with Gasteiger partial charge in [0.2, 0.25) is 0 Å². The van der Waals surface area contributed by atoms with E-state index in [1.807, 2.05) is 32.0 Å². The molecule has 1 aliphatic heterocycles. The van der Waals surface area contributed by atoms with Gasteiger partial charge in [-0.15, -0.1) is 0 Å². The van der Waals surface area contributed by atoms with Crippen molar-refractivity contribution in [2.75, 3.05) is 13.7 Å². The van der Waals surface area contributed by atoms with Crippen molar-refractivity contribution in [2.45, 2.75) is 45.8 Å². The standard InChI is InChI=1S/C22H26ClN3O5/c1-5-30-22(28)31-20-17(11-6-14(3)29-4)24-21(27)19(20)26-13(2)12-18(25-26)15-7-9-16(23)10-8-15/h7-10,12,14,17H,5-6,11H2,1-4H3,(H,24,27). The van der Waals surface area contributed by atoms with E-state index in [-0.39, 0.29) is 30.1 Å². The Morgan fingerprint density at radius 3 is 2.68 bits per heavy atom. The first kappa shape index (κ1) is 22.8. The molecule has 0 saturated carbocycles. The average Bonchev–Trinajstić information content (AvgIpc) is 3.26. The van der Waals surface area contributed by atoms with Crippen molar-refractivity contribution < 1.29 is 23.8 Å². The van der Waals surface area contributed by atoms with Crippen LogP contribution in [-0.2, 0) is 19.0 Å². The zero-order chi connectivity index (χ0) is 22.5. The van der Waals surface area contributed by atoms with Crippen LogP contribution in [0.3, 0.4) is 0 Å². The lowest BCUT2D eigenvalue weighted by Gasteiger charge is -2.17. The first-order valence-electron chi connectivity index (χ1n) is 10.1. The molecule has 31 heavy (non-hydrogen) atoms. The van der Waals surface area contributed by atoms with Crippen LogP contribution >= 0.6 is 11.6 Å². The maximum atomic E-state index is 12.9. The summed E-state index contributed by atoms with van der Waals surface area (Å²) in [5, 5.41) is 8.09. The predicted molar refractivity (Wildman–Crippen MR) is 116 cm³/mol. The van der Waals surface area contributed by atoms with E-state index in [4.69, 9.17) is 25.8 Å². The molecule has 3 rings (SSSR count). The van der Waals surface area contributed by atoms with E-state index in [9.17, 15) is 9.59 Å². The van der Waals surface area contributed by atoms with Gasteiger partial charge in [0, 0.05) is 23.4 Å². The molecule has 2 atom stereocenters. The summed E-state index contributed by atoms with van der Waals surface area (Å²) in [6, 6.07) is 8.60. The van der Waals surface area contributed by atoms with Crippen LogP contribution in [0.1, 0.15) is 32.4 Å². The molecule has 1 aromatic heterocycles. The summed E-state index contributed by atoms with van der Waals surface area (Å²) in [6.07, 6.45) is 0.328. The van der Waals surface area contributed by atoms with Crippen molar-refractivity contribution in [1.29, 1.82) is 0 Å². The van der Waals surface area contributed by atoms with Gasteiger partial charge < -0.3 is 19.5 Å². The quantitative estimate of drug-likeness (QED) is 0.611. The smallest absolute Gasteiger partial charge is 0.434 e. The number of nitrogens with one attached hydrogen (secondary N) is 1. The minimum Gasteiger partial charge on any atom is -0.434 e. The van der Waals surface area contributed by atoms with Crippen molar-refractivity contribution in [3.8, 4) is 11.3 Å². The van der Waals surface area contributed by atoms with E-state index in [0.29, 0.717) is 29.3 Å². The van der Waals surface area contributed by atoms with Gasteiger partial charge >= 0.3 is 6.16 Å². The molecule has 166 valence electrons. The molecule has 0 bridgehead atoms. The van der Waals surface area contributed by atoms with Gasteiger partial charge in [0.15, 0.2) is 11.5 Å². The zero-order valence-corrected chi connectivity index (χ0v) is 18.7. The molecule has 8 nitrogen and oxygen atoms in total. The van der Waals surface area contributed by atoms with Crippen LogP contribution in [0.4, 0.5) is 4.79 Å². The van der Waals surface area contributed by atoms with Crippen molar-refractivity contribution in [3.05, 3.63) is 46.8 Å². The molecule has 0 radical (unpaired) electrons. The number of hydrogen-bond donors (Lipinski definition) is 1. The summed E-state index contributed by atoms with van der Waals surface area (Å²) in [5.41, 5.74) is 2.40. The molecule has 1 aromatic carbocycles. The second-order valence-electron chi connectivity index (χ2n) is 7.24. The van der Waals surface area contributed by atoms with Crippen LogP contribution < -0.4 is 5.32 Å². The number of ether oxygens (including phenoxy) is 3. The molecule has 1 N–H and O–H groups in total. The highest BCUT2D eigenvalue weighted by Gasteiger charge is 2.37. The largest absolute Gasteiger partial charge is 0.513 e. The second-order valence-corrected chi connectivity index (χ2v) is 7.67. The Morgan fingerprint density at radius 2 is 2.03 bits per heavy atom. The SMILES string of the molecule is CCOC(=O)OC1=C(n2nc(-c3ccc(Cl)cc3)cc2C)C(=O)NC1CCC(C)OC. The number of benzene rings is 1. The van der Waals surface area contributed by atoms with Gasteiger partial charge in [0.25, 0.3) is 5.91 Å². The van der Waals surface area contributed by atoms with Crippen molar-refractivity contribution in [1.82, 2.24) is 15.1 Å². The Kier molecular flexibility index (Phi) is 7.35. The fourth-order valence-corrected chi connectivity index (χ4v) is 3.44. The van der Waals surface area contributed by atoms with Crippen molar-refractivity contribution in [2.24, 2.45) is 0 Å². The molecule has 0 fully saturated rings. The van der Waals surface area contributed by atoms with Crippen LogP contribution in [-0.4, -0.2) is 47.7 Å². The third-order valence-corrected chi connectivity index (χ3v) is 5.28. The topological polar surface area (TPSA) is 91.7 Å². The van der Waals surface area contributed by atoms with E-state index in [0.717, 1.165) is 5.56 Å². The lowest BCUT2D eigenvalue weighted by atomic mass is 10.1. The van der Waals surface area contributed by atoms with Gasteiger partial charge in [-0.3, -0.25) is 4.79 Å². The third-order valence-electron chi connectivity index (χ3n) is 5.03. The number of hydrogen-bond acceptors (Lipinski definition) is 6. The lowest BCUT2D eigenvalue weighted by molar-refractivity contribution is -0.115. The van der Waals surface area contributed by atoms with E-state index < -0.39 is 12.2 Å². The van der Waals surface area contributed by atoms with Crippen LogP contribution in [0.25, 0.3) is 17.0 Å². The van der Waals surface area contributed by atoms with Gasteiger partial charge in [-0.05, 0) is 51.8 Å². The van der Waals surface area contributed by atoms with Crippen molar-refractivity contribution in [3.63, 3.8) is 0 Å². The lowest BCUT2D eigenvalue weighted by Crippen LogP contribution is -2.31. The number of nitrogens with zero attached hydrogens (tertiary/aromatic N) is 2. The highest BCUT2D eigenvalue weighted by atomic mass is 35.5. The Labute approximate surface area is 186 Å². The monoisotopic (exact) mass is 447 g/mol. The molecule has 2 aromatic rings. The summed E-state index contributed by atoms with van der Waals surface area (Å²) in [5.74, 6) is -0.177.